The number of carbonyl (C=O) groups excluding carboxylic acids is 1. The molecule has 4 aliphatic rings. The van der Waals surface area contributed by atoms with Crippen molar-refractivity contribution in [3.63, 3.8) is 0 Å². The first-order valence-corrected chi connectivity index (χ1v) is 10.1. The Kier molecular flexibility index (Phi) is 4.14. The second-order valence-electron chi connectivity index (χ2n) is 9.32. The molecule has 25 heavy (non-hydrogen) atoms. The van der Waals surface area contributed by atoms with Gasteiger partial charge in [0.2, 0.25) is 0 Å². The summed E-state index contributed by atoms with van der Waals surface area (Å²) in [6.45, 7) is 6.55. The minimum Gasteiger partial charge on any atom is -0.462 e. The fraction of sp³-hybridized carbons (Fsp3) is 0.773. The Balaban J connectivity index is 1.69. The van der Waals surface area contributed by atoms with Crippen molar-refractivity contribution in [3.8, 4) is 0 Å². The van der Waals surface area contributed by atoms with E-state index in [0.29, 0.717) is 17.8 Å². The van der Waals surface area contributed by atoms with Crippen molar-refractivity contribution in [2.45, 2.75) is 71.8 Å². The van der Waals surface area contributed by atoms with Gasteiger partial charge in [-0.3, -0.25) is 4.79 Å². The standard InChI is InChI=1S/C22H32O3/c1-14(24)25-20-9-8-18-16-6-7-17-15(13-23)5-4-11-21(17,2)19(16)10-12-22(18,20)3/h6-7,16,18-20,23H,4-5,8-13H2,1-3H3/t16-,18-,19-,20-,21-,22-/m0/s1. The summed E-state index contributed by atoms with van der Waals surface area (Å²) in [5.74, 6) is 1.74. The molecule has 0 heterocycles. The predicted molar refractivity (Wildman–Crippen MR) is 97.8 cm³/mol. The van der Waals surface area contributed by atoms with E-state index in [4.69, 9.17) is 4.74 Å². The van der Waals surface area contributed by atoms with Crippen LogP contribution >= 0.6 is 0 Å². The summed E-state index contributed by atoms with van der Waals surface area (Å²) in [7, 11) is 0. The van der Waals surface area contributed by atoms with Crippen LogP contribution in [0.2, 0.25) is 0 Å². The van der Waals surface area contributed by atoms with Gasteiger partial charge >= 0.3 is 5.97 Å². The molecule has 0 aliphatic heterocycles. The lowest BCUT2D eigenvalue weighted by Gasteiger charge is -2.56. The zero-order chi connectivity index (χ0) is 17.8. The summed E-state index contributed by atoms with van der Waals surface area (Å²) < 4.78 is 5.72. The third-order valence-corrected chi connectivity index (χ3v) is 8.22. The second kappa shape index (κ2) is 5.97. The maximum absolute atomic E-state index is 11.5. The molecule has 0 aromatic heterocycles. The van der Waals surface area contributed by atoms with E-state index in [2.05, 4.69) is 26.0 Å². The molecule has 3 heteroatoms. The molecule has 1 N–H and O–H groups in total. The Morgan fingerprint density at radius 1 is 1.24 bits per heavy atom. The minimum absolute atomic E-state index is 0.0912. The molecule has 0 aromatic rings. The second-order valence-corrected chi connectivity index (χ2v) is 9.32. The molecule has 0 bridgehead atoms. The lowest BCUT2D eigenvalue weighted by molar-refractivity contribution is -0.155. The molecule has 4 rings (SSSR count). The average molecular weight is 344 g/mol. The minimum atomic E-state index is -0.134. The molecule has 2 saturated carbocycles. The molecule has 0 radical (unpaired) electrons. The maximum Gasteiger partial charge on any atom is 0.302 e. The molecular weight excluding hydrogens is 312 g/mol. The third-order valence-electron chi connectivity index (χ3n) is 8.22. The molecule has 6 atom stereocenters. The lowest BCUT2D eigenvalue weighted by atomic mass is 9.49. The van der Waals surface area contributed by atoms with Gasteiger partial charge in [0.15, 0.2) is 0 Å². The number of esters is 1. The molecule has 3 nitrogen and oxygen atoms in total. The highest BCUT2D eigenvalue weighted by molar-refractivity contribution is 5.66. The van der Waals surface area contributed by atoms with Gasteiger partial charge in [0.1, 0.15) is 6.10 Å². The van der Waals surface area contributed by atoms with Crippen molar-refractivity contribution >= 4 is 5.97 Å². The highest BCUT2D eigenvalue weighted by Gasteiger charge is 2.59. The van der Waals surface area contributed by atoms with Crippen LogP contribution in [0.1, 0.15) is 65.7 Å². The monoisotopic (exact) mass is 344 g/mol. The van der Waals surface area contributed by atoms with Crippen LogP contribution in [0.5, 0.6) is 0 Å². The van der Waals surface area contributed by atoms with E-state index >= 15 is 0 Å². The molecule has 2 fully saturated rings. The highest BCUT2D eigenvalue weighted by atomic mass is 16.5. The SMILES string of the molecule is CC(=O)O[C@H]1CC[C@H]2[C@@H]3C=CC4=C(CO)CCC[C@]4(C)[C@H]3CC[C@]12C. The zero-order valence-corrected chi connectivity index (χ0v) is 15.9. The van der Waals surface area contributed by atoms with Gasteiger partial charge in [0, 0.05) is 12.3 Å². The summed E-state index contributed by atoms with van der Waals surface area (Å²) in [5, 5.41) is 9.81. The van der Waals surface area contributed by atoms with Crippen molar-refractivity contribution in [1.82, 2.24) is 0 Å². The fourth-order valence-electron chi connectivity index (χ4n) is 6.96. The van der Waals surface area contributed by atoms with Gasteiger partial charge in [-0.15, -0.1) is 0 Å². The summed E-state index contributed by atoms with van der Waals surface area (Å²) in [6, 6.07) is 0. The predicted octanol–water partition coefficient (Wildman–Crippen LogP) is 4.41. The van der Waals surface area contributed by atoms with Crippen LogP contribution in [0, 0.1) is 28.6 Å². The number of hydrogen-bond donors (Lipinski definition) is 1. The van der Waals surface area contributed by atoms with E-state index in [9.17, 15) is 9.90 Å². The Labute approximate surface area is 151 Å². The van der Waals surface area contributed by atoms with Crippen molar-refractivity contribution in [3.05, 3.63) is 23.3 Å². The number of rotatable bonds is 2. The number of aliphatic hydroxyl groups excluding tert-OH is 1. The van der Waals surface area contributed by atoms with Crippen LogP contribution in [-0.4, -0.2) is 23.8 Å². The first-order valence-electron chi connectivity index (χ1n) is 10.1. The van der Waals surface area contributed by atoms with Crippen molar-refractivity contribution in [2.75, 3.05) is 6.61 Å². The van der Waals surface area contributed by atoms with E-state index in [1.165, 1.54) is 36.8 Å². The Hall–Kier alpha value is -1.09. The number of allylic oxidation sites excluding steroid dienone is 3. The molecule has 0 amide bonds. The largest absolute Gasteiger partial charge is 0.462 e. The number of aliphatic hydroxyl groups is 1. The quantitative estimate of drug-likeness (QED) is 0.755. The number of fused-ring (bicyclic) bond motifs is 5. The van der Waals surface area contributed by atoms with Gasteiger partial charge < -0.3 is 9.84 Å². The topological polar surface area (TPSA) is 46.5 Å². The lowest BCUT2D eigenvalue weighted by Crippen LogP contribution is -2.50. The number of carbonyl (C=O) groups is 1. The van der Waals surface area contributed by atoms with Gasteiger partial charge in [-0.2, -0.15) is 0 Å². The van der Waals surface area contributed by atoms with E-state index in [1.807, 2.05) is 0 Å². The molecule has 4 aliphatic carbocycles. The van der Waals surface area contributed by atoms with E-state index in [0.717, 1.165) is 19.3 Å². The fourth-order valence-corrected chi connectivity index (χ4v) is 6.96. The molecule has 0 aromatic carbocycles. The van der Waals surface area contributed by atoms with Gasteiger partial charge in [-0.1, -0.05) is 26.0 Å². The van der Waals surface area contributed by atoms with Gasteiger partial charge in [-0.05, 0) is 79.3 Å². The first kappa shape index (κ1) is 17.3. The third kappa shape index (κ3) is 2.45. The van der Waals surface area contributed by atoms with Crippen molar-refractivity contribution < 1.29 is 14.6 Å². The average Bonchev–Trinajstić information content (AvgIpc) is 2.89. The molecule has 0 saturated heterocycles. The highest BCUT2D eigenvalue weighted by Crippen LogP contribution is 2.64. The number of hydrogen-bond acceptors (Lipinski definition) is 3. The van der Waals surface area contributed by atoms with Crippen LogP contribution in [0.15, 0.2) is 23.3 Å². The summed E-state index contributed by atoms with van der Waals surface area (Å²) in [6.07, 6.45) is 12.9. The maximum atomic E-state index is 11.5. The molecule has 138 valence electrons. The van der Waals surface area contributed by atoms with Crippen LogP contribution in [-0.2, 0) is 9.53 Å². The van der Waals surface area contributed by atoms with Crippen LogP contribution < -0.4 is 0 Å². The summed E-state index contributed by atoms with van der Waals surface area (Å²) in [4.78, 5) is 11.5. The number of ether oxygens (including phenoxy) is 1. The Morgan fingerprint density at radius 3 is 2.76 bits per heavy atom. The van der Waals surface area contributed by atoms with Gasteiger partial charge in [0.05, 0.1) is 6.61 Å². The van der Waals surface area contributed by atoms with Crippen LogP contribution in [0.4, 0.5) is 0 Å². The molecule has 0 unspecified atom stereocenters. The van der Waals surface area contributed by atoms with Crippen molar-refractivity contribution in [2.24, 2.45) is 28.6 Å². The molecular formula is C22H32O3. The summed E-state index contributed by atoms with van der Waals surface area (Å²) in [5.41, 5.74) is 3.04. The Morgan fingerprint density at radius 2 is 2.04 bits per heavy atom. The van der Waals surface area contributed by atoms with E-state index in [1.54, 1.807) is 6.92 Å². The zero-order valence-electron chi connectivity index (χ0n) is 15.9. The summed E-state index contributed by atoms with van der Waals surface area (Å²) >= 11 is 0. The van der Waals surface area contributed by atoms with E-state index < -0.39 is 0 Å². The first-order chi connectivity index (χ1) is 11.9. The molecule has 0 spiro atoms. The van der Waals surface area contributed by atoms with Crippen molar-refractivity contribution in [1.29, 1.82) is 0 Å². The Bertz CT molecular complexity index is 633. The van der Waals surface area contributed by atoms with E-state index in [-0.39, 0.29) is 29.5 Å². The van der Waals surface area contributed by atoms with Crippen LogP contribution in [0.3, 0.4) is 0 Å². The van der Waals surface area contributed by atoms with Gasteiger partial charge in [-0.25, -0.2) is 0 Å². The normalized spacial score (nSPS) is 45.6. The van der Waals surface area contributed by atoms with Crippen LogP contribution in [0.25, 0.3) is 0 Å². The van der Waals surface area contributed by atoms with Gasteiger partial charge in [0.25, 0.3) is 0 Å². The smallest absolute Gasteiger partial charge is 0.302 e.